The number of carbonyl (C=O) groups is 1. The molecule has 0 unspecified atom stereocenters. The average molecular weight is 488 g/mol. The van der Waals surface area contributed by atoms with E-state index in [1.807, 2.05) is 17.5 Å². The van der Waals surface area contributed by atoms with Crippen LogP contribution >= 0.6 is 11.3 Å². The third kappa shape index (κ3) is 4.87. The van der Waals surface area contributed by atoms with Gasteiger partial charge >= 0.3 is 0 Å². The molecule has 0 spiro atoms. The first kappa shape index (κ1) is 23.2. The van der Waals surface area contributed by atoms with E-state index in [2.05, 4.69) is 10.3 Å². The maximum Gasteiger partial charge on any atom is 0.244 e. The SMILES string of the molecule is COc1ccc(-c2csc(NC(=O)[C@H]3CCCCN3S(=O)(=O)c3ccccc3)n2)c(OC)c1. The molecular weight excluding hydrogens is 462 g/mol. The number of nitrogens with zero attached hydrogens (tertiary/aromatic N) is 2. The van der Waals surface area contributed by atoms with Gasteiger partial charge in [-0.2, -0.15) is 4.31 Å². The molecule has 1 aliphatic rings. The molecule has 1 fully saturated rings. The van der Waals surface area contributed by atoms with Gasteiger partial charge in [-0.1, -0.05) is 24.6 Å². The number of methoxy groups -OCH3 is 2. The fourth-order valence-corrected chi connectivity index (χ4v) is 6.23. The second-order valence-electron chi connectivity index (χ2n) is 7.53. The molecule has 8 nitrogen and oxygen atoms in total. The molecule has 0 aliphatic carbocycles. The Labute approximate surface area is 197 Å². The fourth-order valence-electron chi connectivity index (χ4n) is 3.84. The molecule has 2 aromatic carbocycles. The van der Waals surface area contributed by atoms with Crippen molar-refractivity contribution in [2.24, 2.45) is 0 Å². The van der Waals surface area contributed by atoms with Crippen LogP contribution in [0.3, 0.4) is 0 Å². The van der Waals surface area contributed by atoms with E-state index < -0.39 is 16.1 Å². The molecule has 33 heavy (non-hydrogen) atoms. The summed E-state index contributed by atoms with van der Waals surface area (Å²) < 4.78 is 38.3. The van der Waals surface area contributed by atoms with Crippen molar-refractivity contribution in [3.8, 4) is 22.8 Å². The standard InChI is InChI=1S/C23H25N3O5S2/c1-30-16-11-12-18(21(14-16)31-2)19-15-32-23(24-19)25-22(27)20-10-6-7-13-26(20)33(28,29)17-8-4-3-5-9-17/h3-5,8-9,11-12,14-15,20H,6-7,10,13H2,1-2H3,(H,24,25,27)/t20-/m1/s1. The van der Waals surface area contributed by atoms with Gasteiger partial charge in [-0.3, -0.25) is 4.79 Å². The van der Waals surface area contributed by atoms with Crippen molar-refractivity contribution < 1.29 is 22.7 Å². The summed E-state index contributed by atoms with van der Waals surface area (Å²) in [6.45, 7) is 0.307. The summed E-state index contributed by atoms with van der Waals surface area (Å²) in [6.07, 6.45) is 1.96. The first-order valence-electron chi connectivity index (χ1n) is 10.5. The van der Waals surface area contributed by atoms with Crippen molar-refractivity contribution in [3.63, 3.8) is 0 Å². The second-order valence-corrected chi connectivity index (χ2v) is 10.3. The van der Waals surface area contributed by atoms with Crippen molar-refractivity contribution in [2.45, 2.75) is 30.2 Å². The molecule has 0 radical (unpaired) electrons. The lowest BCUT2D eigenvalue weighted by molar-refractivity contribution is -0.120. The van der Waals surface area contributed by atoms with Crippen LogP contribution in [-0.2, 0) is 14.8 Å². The minimum Gasteiger partial charge on any atom is -0.497 e. The number of carbonyl (C=O) groups excluding carboxylic acids is 1. The first-order chi connectivity index (χ1) is 15.9. The maximum absolute atomic E-state index is 13.2. The number of hydrogen-bond donors (Lipinski definition) is 1. The van der Waals surface area contributed by atoms with Gasteiger partial charge in [0, 0.05) is 23.6 Å². The Kier molecular flexibility index (Phi) is 6.96. The van der Waals surface area contributed by atoms with Gasteiger partial charge in [0.25, 0.3) is 0 Å². The zero-order chi connectivity index (χ0) is 23.4. The highest BCUT2D eigenvalue weighted by Gasteiger charge is 2.37. The summed E-state index contributed by atoms with van der Waals surface area (Å²) in [5.41, 5.74) is 1.41. The smallest absolute Gasteiger partial charge is 0.244 e. The van der Waals surface area contributed by atoms with Crippen LogP contribution in [0.5, 0.6) is 11.5 Å². The average Bonchev–Trinajstić information content (AvgIpc) is 3.32. The normalized spacial score (nSPS) is 16.8. The highest BCUT2D eigenvalue weighted by atomic mass is 32.2. The predicted octanol–water partition coefficient (Wildman–Crippen LogP) is 4.01. The third-order valence-electron chi connectivity index (χ3n) is 5.53. The number of nitrogens with one attached hydrogen (secondary N) is 1. The van der Waals surface area contributed by atoms with Crippen LogP contribution in [0.4, 0.5) is 5.13 Å². The number of rotatable bonds is 7. The van der Waals surface area contributed by atoms with Crippen molar-refractivity contribution in [2.75, 3.05) is 26.1 Å². The van der Waals surface area contributed by atoms with Gasteiger partial charge < -0.3 is 14.8 Å². The van der Waals surface area contributed by atoms with Gasteiger partial charge in [-0.15, -0.1) is 11.3 Å². The van der Waals surface area contributed by atoms with E-state index in [9.17, 15) is 13.2 Å². The Hall–Kier alpha value is -2.95. The summed E-state index contributed by atoms with van der Waals surface area (Å²) in [5.74, 6) is 0.887. The number of anilines is 1. The molecule has 1 aromatic heterocycles. The largest absolute Gasteiger partial charge is 0.497 e. The van der Waals surface area contributed by atoms with E-state index in [-0.39, 0.29) is 10.8 Å². The molecule has 0 bridgehead atoms. The van der Waals surface area contributed by atoms with Gasteiger partial charge in [0.05, 0.1) is 24.8 Å². The molecule has 3 aromatic rings. The molecule has 4 rings (SSSR count). The zero-order valence-electron chi connectivity index (χ0n) is 18.4. The van der Waals surface area contributed by atoms with Crippen molar-refractivity contribution in [3.05, 3.63) is 53.9 Å². The number of ether oxygens (including phenoxy) is 2. The summed E-state index contributed by atoms with van der Waals surface area (Å²) in [5, 5.41) is 5.03. The van der Waals surface area contributed by atoms with E-state index in [1.165, 1.54) is 15.6 Å². The second kappa shape index (κ2) is 9.90. The van der Waals surface area contributed by atoms with E-state index in [0.717, 1.165) is 12.0 Å². The minimum atomic E-state index is -3.77. The first-order valence-corrected chi connectivity index (χ1v) is 12.8. The number of piperidine rings is 1. The van der Waals surface area contributed by atoms with Gasteiger partial charge in [-0.05, 0) is 37.1 Å². The van der Waals surface area contributed by atoms with E-state index in [0.29, 0.717) is 41.7 Å². The number of benzene rings is 2. The summed E-state index contributed by atoms with van der Waals surface area (Å²) in [4.78, 5) is 17.8. The number of hydrogen-bond acceptors (Lipinski definition) is 7. The molecule has 10 heteroatoms. The van der Waals surface area contributed by atoms with E-state index in [1.54, 1.807) is 50.6 Å². The van der Waals surface area contributed by atoms with E-state index >= 15 is 0 Å². The van der Waals surface area contributed by atoms with Crippen molar-refractivity contribution >= 4 is 32.4 Å². The topological polar surface area (TPSA) is 97.8 Å². The molecule has 2 heterocycles. The summed E-state index contributed by atoms with van der Waals surface area (Å²) in [6, 6.07) is 12.8. The molecule has 0 saturated carbocycles. The number of amides is 1. The highest BCUT2D eigenvalue weighted by Crippen LogP contribution is 2.35. The van der Waals surface area contributed by atoms with Crippen LogP contribution in [0.25, 0.3) is 11.3 Å². The molecule has 174 valence electrons. The quantitative estimate of drug-likeness (QED) is 0.541. The lowest BCUT2D eigenvalue weighted by Crippen LogP contribution is -2.49. The third-order valence-corrected chi connectivity index (χ3v) is 8.21. The highest BCUT2D eigenvalue weighted by molar-refractivity contribution is 7.89. The van der Waals surface area contributed by atoms with Gasteiger partial charge in [0.2, 0.25) is 15.9 Å². The monoisotopic (exact) mass is 487 g/mol. The van der Waals surface area contributed by atoms with Crippen molar-refractivity contribution in [1.29, 1.82) is 0 Å². The number of thiazole rings is 1. The lowest BCUT2D eigenvalue weighted by Gasteiger charge is -2.33. The Morgan fingerprint density at radius 2 is 1.91 bits per heavy atom. The number of sulfonamides is 1. The molecule has 1 N–H and O–H groups in total. The van der Waals surface area contributed by atoms with Crippen LogP contribution in [0.2, 0.25) is 0 Å². The Bertz CT molecular complexity index is 1230. The Morgan fingerprint density at radius 1 is 1.12 bits per heavy atom. The van der Waals surface area contributed by atoms with E-state index in [4.69, 9.17) is 9.47 Å². The molecule has 1 aliphatic heterocycles. The Balaban J connectivity index is 1.54. The predicted molar refractivity (Wildman–Crippen MR) is 127 cm³/mol. The van der Waals surface area contributed by atoms with Gasteiger partial charge in [0.15, 0.2) is 5.13 Å². The molecule has 1 atom stereocenters. The molecule has 1 amide bonds. The zero-order valence-corrected chi connectivity index (χ0v) is 20.0. The van der Waals surface area contributed by atoms with Crippen LogP contribution in [0, 0.1) is 0 Å². The lowest BCUT2D eigenvalue weighted by atomic mass is 10.0. The summed E-state index contributed by atoms with van der Waals surface area (Å²) >= 11 is 1.27. The van der Waals surface area contributed by atoms with Crippen LogP contribution in [0.15, 0.2) is 58.8 Å². The van der Waals surface area contributed by atoms with Crippen molar-refractivity contribution in [1.82, 2.24) is 9.29 Å². The number of aromatic nitrogens is 1. The van der Waals surface area contributed by atoms with Crippen LogP contribution in [0.1, 0.15) is 19.3 Å². The van der Waals surface area contributed by atoms with Crippen LogP contribution < -0.4 is 14.8 Å². The van der Waals surface area contributed by atoms with Gasteiger partial charge in [0.1, 0.15) is 17.5 Å². The summed E-state index contributed by atoms with van der Waals surface area (Å²) in [7, 11) is -0.626. The molecule has 1 saturated heterocycles. The minimum absolute atomic E-state index is 0.188. The molecular formula is C23H25N3O5S2. The Morgan fingerprint density at radius 3 is 2.64 bits per heavy atom. The fraction of sp³-hybridized carbons (Fsp3) is 0.304. The van der Waals surface area contributed by atoms with Crippen LogP contribution in [-0.4, -0.2) is 50.4 Å². The van der Waals surface area contributed by atoms with Gasteiger partial charge in [-0.25, -0.2) is 13.4 Å². The maximum atomic E-state index is 13.2.